The fraction of sp³-hybridized carbons (Fsp3) is 1.00. The molecule has 2 heterocycles. The molecule has 2 atom stereocenters. The summed E-state index contributed by atoms with van der Waals surface area (Å²) >= 11 is 0.343. The Hall–Kier alpha value is 0.650. The third kappa shape index (κ3) is 2.02. The van der Waals surface area contributed by atoms with Gasteiger partial charge in [0.25, 0.3) is 0 Å². The van der Waals surface area contributed by atoms with Crippen LogP contribution in [0.15, 0.2) is 0 Å². The van der Waals surface area contributed by atoms with E-state index in [0.717, 1.165) is 12.0 Å². The van der Waals surface area contributed by atoms with Gasteiger partial charge >= 0.3 is 92.3 Å². The Labute approximate surface area is 92.3 Å². The Morgan fingerprint density at radius 3 is 2.77 bits per heavy atom. The number of alkyl halides is 1. The van der Waals surface area contributed by atoms with Crippen molar-refractivity contribution < 1.29 is 21.5 Å². The number of halogens is 1. The predicted octanol–water partition coefficient (Wildman–Crippen LogP) is -1.96. The molecule has 2 aliphatic heterocycles. The van der Waals surface area contributed by atoms with Crippen molar-refractivity contribution in [1.29, 1.82) is 0 Å². The first kappa shape index (κ1) is 10.2. The summed E-state index contributed by atoms with van der Waals surface area (Å²) in [7, 11) is 0. The van der Waals surface area contributed by atoms with Gasteiger partial charge in [-0.15, -0.1) is 0 Å². The normalized spacial score (nSPS) is 36.8. The van der Waals surface area contributed by atoms with Crippen molar-refractivity contribution in [3.05, 3.63) is 0 Å². The van der Waals surface area contributed by atoms with E-state index >= 15 is 0 Å². The van der Waals surface area contributed by atoms with E-state index in [4.69, 9.17) is 0 Å². The van der Waals surface area contributed by atoms with Crippen LogP contribution in [0.2, 0.25) is 0 Å². The first-order valence-electron chi connectivity index (χ1n) is 5.34. The van der Waals surface area contributed by atoms with Crippen molar-refractivity contribution in [1.82, 2.24) is 8.01 Å². The molecule has 3 heteroatoms. The zero-order valence-electron chi connectivity index (χ0n) is 8.67. The molecular formula is C10H20IN2-. The van der Waals surface area contributed by atoms with Crippen LogP contribution in [0.5, 0.6) is 0 Å². The molecule has 0 bridgehead atoms. The van der Waals surface area contributed by atoms with E-state index in [-0.39, 0.29) is 0 Å². The second-order valence-corrected chi connectivity index (χ2v) is 6.40. The van der Waals surface area contributed by atoms with Gasteiger partial charge in [-0.1, -0.05) is 0 Å². The van der Waals surface area contributed by atoms with Crippen molar-refractivity contribution >= 4 is 0 Å². The number of piperidine rings is 1. The predicted molar refractivity (Wildman–Crippen MR) is 51.3 cm³/mol. The number of hydrogen-bond acceptors (Lipinski definition) is 2. The summed E-state index contributed by atoms with van der Waals surface area (Å²) in [5.41, 5.74) is 0. The van der Waals surface area contributed by atoms with Gasteiger partial charge in [-0.2, -0.15) is 0 Å². The fourth-order valence-electron chi connectivity index (χ4n) is 2.74. The Bertz CT molecular complexity index is 168. The van der Waals surface area contributed by atoms with Gasteiger partial charge in [-0.3, -0.25) is 0 Å². The molecule has 0 spiro atoms. The Morgan fingerprint density at radius 2 is 2.08 bits per heavy atom. The van der Waals surface area contributed by atoms with Gasteiger partial charge in [-0.05, 0) is 0 Å². The van der Waals surface area contributed by atoms with E-state index in [2.05, 4.69) is 19.9 Å². The quantitative estimate of drug-likeness (QED) is 0.331. The molecule has 2 aliphatic rings. The van der Waals surface area contributed by atoms with Crippen molar-refractivity contribution in [2.24, 2.45) is 5.92 Å². The molecule has 13 heavy (non-hydrogen) atoms. The number of fused-ring (bicyclic) bond motifs is 1. The molecule has 0 aliphatic carbocycles. The molecule has 2 saturated heterocycles. The fourth-order valence-corrected chi connectivity index (χ4v) is 4.29. The molecule has 2 rings (SSSR count). The average Bonchev–Trinajstić information content (AvgIpc) is 2.59. The van der Waals surface area contributed by atoms with Crippen LogP contribution in [0.3, 0.4) is 0 Å². The molecule has 0 radical (unpaired) electrons. The van der Waals surface area contributed by atoms with Crippen molar-refractivity contribution in [2.45, 2.75) is 25.8 Å². The molecule has 0 aromatic heterocycles. The zero-order chi connectivity index (χ0) is 9.26. The number of likely N-dealkylation sites (tertiary alicyclic amines) is 1. The summed E-state index contributed by atoms with van der Waals surface area (Å²) in [5, 5.41) is 0. The van der Waals surface area contributed by atoms with Crippen LogP contribution < -0.4 is 21.5 Å². The molecule has 2 nitrogen and oxygen atoms in total. The maximum atomic E-state index is 2.72. The molecule has 0 aromatic carbocycles. The second kappa shape index (κ2) is 4.45. The van der Waals surface area contributed by atoms with Crippen molar-refractivity contribution in [3.8, 4) is 0 Å². The van der Waals surface area contributed by atoms with Crippen LogP contribution in [-0.4, -0.2) is 45.2 Å². The van der Waals surface area contributed by atoms with E-state index in [1.54, 1.807) is 0 Å². The van der Waals surface area contributed by atoms with Crippen LogP contribution in [0.4, 0.5) is 0 Å². The molecule has 0 N–H and O–H groups in total. The Kier molecular flexibility index (Phi) is 3.48. The maximum absolute atomic E-state index is 2.72. The van der Waals surface area contributed by atoms with E-state index in [9.17, 15) is 0 Å². The zero-order valence-corrected chi connectivity index (χ0v) is 10.8. The minimum absolute atomic E-state index is 0.343. The molecule has 2 unspecified atom stereocenters. The van der Waals surface area contributed by atoms with E-state index in [0.29, 0.717) is 21.5 Å². The summed E-state index contributed by atoms with van der Waals surface area (Å²) in [6.45, 7) is 7.70. The third-order valence-electron chi connectivity index (χ3n) is 3.57. The summed E-state index contributed by atoms with van der Waals surface area (Å²) in [6, 6.07) is 0.915. The SMILES string of the molecule is CCN1CCC2CCN([I-]C)CC21. The standard InChI is InChI=1S/C10H20IN2/c1-3-12-6-4-9-5-7-13(11-2)8-10(9)12/h9-10H,3-8H2,1-2H3/q-1. The first-order chi connectivity index (χ1) is 6.35. The number of rotatable bonds is 2. The van der Waals surface area contributed by atoms with E-state index in [1.807, 2.05) is 0 Å². The average molecular weight is 295 g/mol. The summed E-state index contributed by atoms with van der Waals surface area (Å²) in [4.78, 5) is 5.08. The van der Waals surface area contributed by atoms with Crippen molar-refractivity contribution in [3.63, 3.8) is 0 Å². The second-order valence-electron chi connectivity index (χ2n) is 4.07. The molecule has 78 valence electrons. The Balaban J connectivity index is 1.96. The minimum atomic E-state index is 0.343. The van der Waals surface area contributed by atoms with Crippen LogP contribution in [0.1, 0.15) is 19.8 Å². The van der Waals surface area contributed by atoms with Gasteiger partial charge in [0.05, 0.1) is 0 Å². The summed E-state index contributed by atoms with van der Waals surface area (Å²) in [6.07, 6.45) is 2.93. The number of likely N-dealkylation sites (N-methyl/N-ethyl adjacent to an activating group) is 1. The van der Waals surface area contributed by atoms with Gasteiger partial charge in [0.15, 0.2) is 0 Å². The molecule has 0 amide bonds. The molecule has 0 aromatic rings. The number of hydrogen-bond donors (Lipinski definition) is 0. The van der Waals surface area contributed by atoms with Gasteiger partial charge in [0, 0.05) is 0 Å². The Morgan fingerprint density at radius 1 is 1.31 bits per heavy atom. The topological polar surface area (TPSA) is 6.48 Å². The monoisotopic (exact) mass is 295 g/mol. The van der Waals surface area contributed by atoms with Crippen LogP contribution in [-0.2, 0) is 0 Å². The van der Waals surface area contributed by atoms with Crippen LogP contribution >= 0.6 is 0 Å². The van der Waals surface area contributed by atoms with E-state index < -0.39 is 0 Å². The van der Waals surface area contributed by atoms with Gasteiger partial charge in [0.2, 0.25) is 0 Å². The van der Waals surface area contributed by atoms with Gasteiger partial charge < -0.3 is 0 Å². The van der Waals surface area contributed by atoms with Crippen molar-refractivity contribution in [2.75, 3.05) is 31.1 Å². The summed E-state index contributed by atoms with van der Waals surface area (Å²) < 4.78 is 2.72. The molecule has 0 saturated carbocycles. The number of nitrogens with zero attached hydrogens (tertiary/aromatic N) is 2. The van der Waals surface area contributed by atoms with Crippen LogP contribution in [0, 0.1) is 5.92 Å². The molecular weight excluding hydrogens is 275 g/mol. The first-order valence-corrected chi connectivity index (χ1v) is 8.46. The van der Waals surface area contributed by atoms with Crippen LogP contribution in [0.25, 0.3) is 0 Å². The van der Waals surface area contributed by atoms with Gasteiger partial charge in [0.1, 0.15) is 0 Å². The van der Waals surface area contributed by atoms with Gasteiger partial charge in [-0.25, -0.2) is 0 Å². The summed E-state index contributed by atoms with van der Waals surface area (Å²) in [5.74, 6) is 1.03. The third-order valence-corrected chi connectivity index (χ3v) is 5.81. The molecule has 2 fully saturated rings. The van der Waals surface area contributed by atoms with E-state index in [1.165, 1.54) is 39.0 Å².